The molecule has 0 aliphatic rings. The molecule has 22 heavy (non-hydrogen) atoms. The molecule has 2 rings (SSSR count). The van der Waals surface area contributed by atoms with Crippen molar-refractivity contribution in [2.75, 3.05) is 14.2 Å². The SMILES string of the molecule is CN[C@@H](CC(=O)OC)c1cncc(-c2c(C)cccc2C)c1. The molecule has 4 heteroatoms. The Morgan fingerprint density at radius 3 is 2.55 bits per heavy atom. The smallest absolute Gasteiger partial charge is 0.307 e. The van der Waals surface area contributed by atoms with Gasteiger partial charge < -0.3 is 10.1 Å². The van der Waals surface area contributed by atoms with E-state index in [2.05, 4.69) is 48.4 Å². The van der Waals surface area contributed by atoms with Gasteiger partial charge in [-0.05, 0) is 49.2 Å². The minimum absolute atomic E-state index is 0.107. The van der Waals surface area contributed by atoms with Crippen molar-refractivity contribution >= 4 is 5.97 Å². The number of hydrogen-bond acceptors (Lipinski definition) is 4. The molecular formula is C18H22N2O2. The quantitative estimate of drug-likeness (QED) is 0.861. The number of esters is 1. The highest BCUT2D eigenvalue weighted by Crippen LogP contribution is 2.29. The first kappa shape index (κ1) is 16.2. The summed E-state index contributed by atoms with van der Waals surface area (Å²) in [5.74, 6) is -0.239. The molecule has 0 saturated carbocycles. The van der Waals surface area contributed by atoms with Gasteiger partial charge in [-0.3, -0.25) is 9.78 Å². The Morgan fingerprint density at radius 2 is 1.95 bits per heavy atom. The average molecular weight is 298 g/mol. The maximum Gasteiger partial charge on any atom is 0.307 e. The van der Waals surface area contributed by atoms with E-state index >= 15 is 0 Å². The molecule has 1 heterocycles. The Bertz CT molecular complexity index is 648. The highest BCUT2D eigenvalue weighted by molar-refractivity contribution is 5.72. The fraction of sp³-hybridized carbons (Fsp3) is 0.333. The molecule has 0 unspecified atom stereocenters. The number of benzene rings is 1. The van der Waals surface area contributed by atoms with E-state index in [9.17, 15) is 4.79 Å². The maximum atomic E-state index is 11.5. The van der Waals surface area contributed by atoms with Gasteiger partial charge >= 0.3 is 5.97 Å². The van der Waals surface area contributed by atoms with Crippen molar-refractivity contribution in [1.82, 2.24) is 10.3 Å². The third-order valence-electron chi connectivity index (χ3n) is 3.88. The zero-order chi connectivity index (χ0) is 16.1. The van der Waals surface area contributed by atoms with E-state index < -0.39 is 0 Å². The molecule has 0 aliphatic heterocycles. The van der Waals surface area contributed by atoms with Gasteiger partial charge in [0.05, 0.1) is 13.5 Å². The van der Waals surface area contributed by atoms with Crippen molar-refractivity contribution in [2.24, 2.45) is 0 Å². The molecule has 0 fully saturated rings. The third kappa shape index (κ3) is 3.52. The monoisotopic (exact) mass is 298 g/mol. The van der Waals surface area contributed by atoms with E-state index in [0.29, 0.717) is 0 Å². The van der Waals surface area contributed by atoms with E-state index in [1.54, 1.807) is 6.20 Å². The zero-order valence-electron chi connectivity index (χ0n) is 13.5. The van der Waals surface area contributed by atoms with Crippen LogP contribution in [0.15, 0.2) is 36.7 Å². The molecule has 0 bridgehead atoms. The molecule has 1 aromatic heterocycles. The topological polar surface area (TPSA) is 51.2 Å². The number of aryl methyl sites for hydroxylation is 2. The summed E-state index contributed by atoms with van der Waals surface area (Å²) >= 11 is 0. The second kappa shape index (κ2) is 7.18. The van der Waals surface area contributed by atoms with Crippen LogP contribution in [0.2, 0.25) is 0 Å². The Balaban J connectivity index is 2.39. The number of nitrogens with one attached hydrogen (secondary N) is 1. The lowest BCUT2D eigenvalue weighted by Crippen LogP contribution is -2.20. The first-order chi connectivity index (χ1) is 10.6. The van der Waals surface area contributed by atoms with Crippen molar-refractivity contribution in [3.8, 4) is 11.1 Å². The summed E-state index contributed by atoms with van der Waals surface area (Å²) in [6, 6.07) is 8.23. The van der Waals surface area contributed by atoms with Crippen LogP contribution in [0.25, 0.3) is 11.1 Å². The largest absolute Gasteiger partial charge is 0.469 e. The summed E-state index contributed by atoms with van der Waals surface area (Å²) in [5, 5.41) is 3.15. The third-order valence-corrected chi connectivity index (χ3v) is 3.88. The first-order valence-corrected chi connectivity index (χ1v) is 7.32. The van der Waals surface area contributed by atoms with Gasteiger partial charge in [0.25, 0.3) is 0 Å². The molecule has 0 aliphatic carbocycles. The lowest BCUT2D eigenvalue weighted by Gasteiger charge is -2.17. The number of pyridine rings is 1. The molecule has 4 nitrogen and oxygen atoms in total. The predicted octanol–water partition coefficient (Wildman–Crippen LogP) is 3.19. The molecule has 1 aromatic carbocycles. The molecule has 0 spiro atoms. The Labute approximate surface area is 131 Å². The number of carbonyl (C=O) groups is 1. The van der Waals surface area contributed by atoms with Gasteiger partial charge in [0.15, 0.2) is 0 Å². The van der Waals surface area contributed by atoms with Gasteiger partial charge in [-0.1, -0.05) is 18.2 Å². The van der Waals surface area contributed by atoms with Crippen molar-refractivity contribution in [1.29, 1.82) is 0 Å². The lowest BCUT2D eigenvalue weighted by atomic mass is 9.94. The van der Waals surface area contributed by atoms with E-state index in [-0.39, 0.29) is 18.4 Å². The minimum atomic E-state index is -0.239. The molecule has 0 radical (unpaired) electrons. The van der Waals surface area contributed by atoms with Crippen molar-refractivity contribution in [3.63, 3.8) is 0 Å². The normalized spacial score (nSPS) is 12.0. The summed E-state index contributed by atoms with van der Waals surface area (Å²) < 4.78 is 4.76. The number of nitrogens with zero attached hydrogens (tertiary/aromatic N) is 1. The van der Waals surface area contributed by atoms with Gasteiger partial charge in [-0.2, -0.15) is 0 Å². The van der Waals surface area contributed by atoms with Crippen LogP contribution in [-0.4, -0.2) is 25.1 Å². The zero-order valence-corrected chi connectivity index (χ0v) is 13.5. The summed E-state index contributed by atoms with van der Waals surface area (Å²) in [7, 11) is 3.24. The van der Waals surface area contributed by atoms with Gasteiger partial charge in [0, 0.05) is 24.0 Å². The van der Waals surface area contributed by atoms with E-state index in [1.165, 1.54) is 23.8 Å². The summed E-state index contributed by atoms with van der Waals surface area (Å²) in [6.07, 6.45) is 3.94. The van der Waals surface area contributed by atoms with Crippen LogP contribution in [0, 0.1) is 13.8 Å². The fourth-order valence-corrected chi connectivity index (χ4v) is 2.69. The summed E-state index contributed by atoms with van der Waals surface area (Å²) in [6.45, 7) is 4.19. The van der Waals surface area contributed by atoms with Crippen LogP contribution >= 0.6 is 0 Å². The molecule has 1 atom stereocenters. The number of methoxy groups -OCH3 is 1. The Hall–Kier alpha value is -2.20. The van der Waals surface area contributed by atoms with Gasteiger partial charge in [0.1, 0.15) is 0 Å². The number of aromatic nitrogens is 1. The number of rotatable bonds is 5. The molecule has 0 amide bonds. The van der Waals surface area contributed by atoms with E-state index in [0.717, 1.165) is 11.1 Å². The fourth-order valence-electron chi connectivity index (χ4n) is 2.69. The van der Waals surface area contributed by atoms with Crippen molar-refractivity contribution in [2.45, 2.75) is 26.3 Å². The Morgan fingerprint density at radius 1 is 1.27 bits per heavy atom. The van der Waals surface area contributed by atoms with Crippen LogP contribution < -0.4 is 5.32 Å². The van der Waals surface area contributed by atoms with Gasteiger partial charge in [-0.25, -0.2) is 0 Å². The lowest BCUT2D eigenvalue weighted by molar-refractivity contribution is -0.141. The number of hydrogen-bond donors (Lipinski definition) is 1. The van der Waals surface area contributed by atoms with Crippen molar-refractivity contribution in [3.05, 3.63) is 53.3 Å². The molecule has 2 aromatic rings. The molecule has 1 N–H and O–H groups in total. The van der Waals surface area contributed by atoms with Crippen LogP contribution in [0.3, 0.4) is 0 Å². The predicted molar refractivity (Wildman–Crippen MR) is 87.6 cm³/mol. The van der Waals surface area contributed by atoms with E-state index in [1.807, 2.05) is 13.2 Å². The van der Waals surface area contributed by atoms with Crippen LogP contribution in [-0.2, 0) is 9.53 Å². The molecule has 116 valence electrons. The standard InChI is InChI=1S/C18H22N2O2/c1-12-6-5-7-13(2)18(12)15-8-14(10-20-11-15)16(19-3)9-17(21)22-4/h5-8,10-11,16,19H,9H2,1-4H3/t16-/m0/s1. The average Bonchev–Trinajstić information content (AvgIpc) is 2.52. The highest BCUT2D eigenvalue weighted by Gasteiger charge is 2.16. The highest BCUT2D eigenvalue weighted by atomic mass is 16.5. The summed E-state index contributed by atoms with van der Waals surface area (Å²) in [4.78, 5) is 15.9. The van der Waals surface area contributed by atoms with Crippen LogP contribution in [0.4, 0.5) is 0 Å². The second-order valence-electron chi connectivity index (χ2n) is 5.40. The molecule has 0 saturated heterocycles. The van der Waals surface area contributed by atoms with Crippen LogP contribution in [0.5, 0.6) is 0 Å². The number of ether oxygens (including phenoxy) is 1. The van der Waals surface area contributed by atoms with Crippen molar-refractivity contribution < 1.29 is 9.53 Å². The summed E-state index contributed by atoms with van der Waals surface area (Å²) in [5.41, 5.74) is 5.68. The van der Waals surface area contributed by atoms with Gasteiger partial charge in [-0.15, -0.1) is 0 Å². The van der Waals surface area contributed by atoms with Crippen LogP contribution in [0.1, 0.15) is 29.2 Å². The Kier molecular flexibility index (Phi) is 5.28. The maximum absolute atomic E-state index is 11.5. The van der Waals surface area contributed by atoms with E-state index in [4.69, 9.17) is 4.74 Å². The first-order valence-electron chi connectivity index (χ1n) is 7.32. The van der Waals surface area contributed by atoms with Gasteiger partial charge in [0.2, 0.25) is 0 Å². The number of carbonyl (C=O) groups excluding carboxylic acids is 1. The minimum Gasteiger partial charge on any atom is -0.469 e. The molecular weight excluding hydrogens is 276 g/mol. The second-order valence-corrected chi connectivity index (χ2v) is 5.40.